The summed E-state index contributed by atoms with van der Waals surface area (Å²) in [4.78, 5) is 18.9. The minimum atomic E-state index is 0. The van der Waals surface area contributed by atoms with Crippen molar-refractivity contribution < 1.29 is 9.21 Å². The molecule has 1 N–H and O–H groups in total. The monoisotopic (exact) mass is 397 g/mol. The Balaban J connectivity index is 0.00000243. The summed E-state index contributed by atoms with van der Waals surface area (Å²) < 4.78 is 5.51. The molecule has 2 aromatic rings. The summed E-state index contributed by atoms with van der Waals surface area (Å²) in [7, 11) is 1.98. The van der Waals surface area contributed by atoms with Crippen molar-refractivity contribution in [2.24, 2.45) is 5.92 Å². The molecule has 0 unspecified atom stereocenters. The van der Waals surface area contributed by atoms with Crippen LogP contribution in [0.15, 0.2) is 34.9 Å². The molecule has 0 saturated carbocycles. The lowest BCUT2D eigenvalue weighted by Gasteiger charge is -2.32. The number of hydrogen-bond donors (Lipinski definition) is 1. The first-order valence-corrected chi connectivity index (χ1v) is 9.16. The summed E-state index contributed by atoms with van der Waals surface area (Å²) in [5.74, 6) is 1.37. The number of rotatable bonds is 6. The average molecular weight is 398 g/mol. The number of piperidine rings is 1. The van der Waals surface area contributed by atoms with Crippen LogP contribution in [0.1, 0.15) is 25.0 Å². The van der Waals surface area contributed by atoms with E-state index in [2.05, 4.69) is 10.3 Å². The van der Waals surface area contributed by atoms with Gasteiger partial charge in [-0.1, -0.05) is 11.6 Å². The van der Waals surface area contributed by atoms with E-state index in [1.165, 1.54) is 6.42 Å². The smallest absolute Gasteiger partial charge is 0.228 e. The van der Waals surface area contributed by atoms with E-state index in [1.807, 2.05) is 24.1 Å². The van der Waals surface area contributed by atoms with Gasteiger partial charge in [0, 0.05) is 23.7 Å². The van der Waals surface area contributed by atoms with Gasteiger partial charge in [0.25, 0.3) is 0 Å². The van der Waals surface area contributed by atoms with Crippen LogP contribution in [-0.2, 0) is 11.2 Å². The second kappa shape index (κ2) is 9.95. The molecule has 1 fully saturated rings. The zero-order valence-electron chi connectivity index (χ0n) is 14.9. The first-order valence-electron chi connectivity index (χ1n) is 8.78. The quantitative estimate of drug-likeness (QED) is 0.804. The number of carbonyl (C=O) groups is 1. The molecule has 142 valence electrons. The van der Waals surface area contributed by atoms with Crippen LogP contribution in [0.3, 0.4) is 0 Å². The Labute approximate surface area is 165 Å². The van der Waals surface area contributed by atoms with Gasteiger partial charge < -0.3 is 14.6 Å². The normalized spacial score (nSPS) is 14.9. The van der Waals surface area contributed by atoms with E-state index in [1.54, 1.807) is 18.4 Å². The lowest BCUT2D eigenvalue weighted by molar-refractivity contribution is -0.131. The molecule has 7 heteroatoms. The van der Waals surface area contributed by atoms with Crippen LogP contribution in [0.5, 0.6) is 0 Å². The van der Waals surface area contributed by atoms with E-state index in [9.17, 15) is 4.79 Å². The Morgan fingerprint density at radius 3 is 2.65 bits per heavy atom. The van der Waals surface area contributed by atoms with Crippen molar-refractivity contribution in [1.82, 2.24) is 15.2 Å². The molecule has 0 aliphatic carbocycles. The molecule has 1 aliphatic rings. The number of aromatic nitrogens is 1. The van der Waals surface area contributed by atoms with E-state index >= 15 is 0 Å². The van der Waals surface area contributed by atoms with Gasteiger partial charge in [-0.3, -0.25) is 4.79 Å². The van der Waals surface area contributed by atoms with Gasteiger partial charge in [-0.05, 0) is 63.0 Å². The predicted octanol–water partition coefficient (Wildman–Crippen LogP) is 3.81. The maximum Gasteiger partial charge on any atom is 0.228 e. The first-order chi connectivity index (χ1) is 12.2. The highest BCUT2D eigenvalue weighted by Gasteiger charge is 2.23. The number of amides is 1. The maximum atomic E-state index is 12.5. The van der Waals surface area contributed by atoms with Crippen LogP contribution in [0.4, 0.5) is 0 Å². The van der Waals surface area contributed by atoms with Crippen molar-refractivity contribution in [2.45, 2.75) is 25.7 Å². The third-order valence-corrected chi connectivity index (χ3v) is 5.00. The van der Waals surface area contributed by atoms with Crippen LogP contribution >= 0.6 is 24.0 Å². The lowest BCUT2D eigenvalue weighted by atomic mass is 9.93. The average Bonchev–Trinajstić information content (AvgIpc) is 3.09. The number of halogens is 2. The number of benzene rings is 1. The highest BCUT2D eigenvalue weighted by molar-refractivity contribution is 6.30. The van der Waals surface area contributed by atoms with Gasteiger partial charge in [-0.15, -0.1) is 12.4 Å². The molecule has 0 radical (unpaired) electrons. The molecule has 26 heavy (non-hydrogen) atoms. The molecule has 0 spiro atoms. The molecule has 1 amide bonds. The van der Waals surface area contributed by atoms with Gasteiger partial charge in [-0.25, -0.2) is 4.98 Å². The molecule has 1 aromatic heterocycles. The summed E-state index contributed by atoms with van der Waals surface area (Å²) in [6.07, 6.45) is 5.22. The molecular formula is C19H25Cl2N3O2. The second-order valence-corrected chi connectivity index (χ2v) is 6.98. The fraction of sp³-hybridized carbons (Fsp3) is 0.474. The molecule has 2 heterocycles. The second-order valence-electron chi connectivity index (χ2n) is 6.54. The van der Waals surface area contributed by atoms with E-state index < -0.39 is 0 Å². The van der Waals surface area contributed by atoms with Crippen LogP contribution in [0.25, 0.3) is 11.5 Å². The number of likely N-dealkylation sites (tertiary alicyclic amines) is 1. The van der Waals surface area contributed by atoms with Crippen molar-refractivity contribution in [2.75, 3.05) is 26.7 Å². The number of nitrogens with one attached hydrogen (secondary N) is 1. The standard InChI is InChI=1S/C19H24ClN3O2.ClH/c1-21-9-6-14-7-10-23(11-8-14)18(24)12-17-13-25-19(22-17)15-2-4-16(20)5-3-15;/h2-5,13-14,21H,6-12H2,1H3;1H. The Morgan fingerprint density at radius 1 is 1.31 bits per heavy atom. The summed E-state index contributed by atoms with van der Waals surface area (Å²) in [5, 5.41) is 3.86. The van der Waals surface area contributed by atoms with Gasteiger partial charge in [0.05, 0.1) is 12.1 Å². The zero-order valence-corrected chi connectivity index (χ0v) is 16.5. The largest absolute Gasteiger partial charge is 0.444 e. The predicted molar refractivity (Wildman–Crippen MR) is 106 cm³/mol. The maximum absolute atomic E-state index is 12.5. The fourth-order valence-electron chi connectivity index (χ4n) is 3.20. The summed E-state index contributed by atoms with van der Waals surface area (Å²) in [6, 6.07) is 7.31. The van der Waals surface area contributed by atoms with E-state index in [0.717, 1.165) is 44.0 Å². The Kier molecular flexibility index (Phi) is 7.94. The number of nitrogens with zero attached hydrogens (tertiary/aromatic N) is 2. The molecule has 1 aromatic carbocycles. The molecule has 5 nitrogen and oxygen atoms in total. The Bertz CT molecular complexity index is 695. The molecular weight excluding hydrogens is 373 g/mol. The minimum absolute atomic E-state index is 0. The highest BCUT2D eigenvalue weighted by Crippen LogP contribution is 2.23. The van der Waals surface area contributed by atoms with Crippen molar-refractivity contribution in [3.05, 3.63) is 41.2 Å². The third-order valence-electron chi connectivity index (χ3n) is 4.75. The molecule has 3 rings (SSSR count). The third kappa shape index (κ3) is 5.47. The number of oxazole rings is 1. The fourth-order valence-corrected chi connectivity index (χ4v) is 3.33. The number of carbonyl (C=O) groups excluding carboxylic acids is 1. The highest BCUT2D eigenvalue weighted by atomic mass is 35.5. The van der Waals surface area contributed by atoms with Gasteiger partial charge >= 0.3 is 0 Å². The van der Waals surface area contributed by atoms with Crippen LogP contribution in [0, 0.1) is 5.92 Å². The van der Waals surface area contributed by atoms with Crippen molar-refractivity contribution in [1.29, 1.82) is 0 Å². The minimum Gasteiger partial charge on any atom is -0.444 e. The van der Waals surface area contributed by atoms with Gasteiger partial charge in [0.1, 0.15) is 6.26 Å². The molecule has 1 saturated heterocycles. The van der Waals surface area contributed by atoms with Crippen LogP contribution < -0.4 is 5.32 Å². The van der Waals surface area contributed by atoms with Crippen LogP contribution in [-0.4, -0.2) is 42.5 Å². The summed E-state index contributed by atoms with van der Waals surface area (Å²) in [5.41, 5.74) is 1.53. The SMILES string of the molecule is CNCCC1CCN(C(=O)Cc2coc(-c3ccc(Cl)cc3)n2)CC1.Cl. The zero-order chi connectivity index (χ0) is 17.6. The Morgan fingerprint density at radius 2 is 2.00 bits per heavy atom. The molecule has 0 bridgehead atoms. The number of hydrogen-bond acceptors (Lipinski definition) is 4. The van der Waals surface area contributed by atoms with Gasteiger partial charge in [0.15, 0.2) is 0 Å². The van der Waals surface area contributed by atoms with E-state index in [-0.39, 0.29) is 24.7 Å². The van der Waals surface area contributed by atoms with E-state index in [0.29, 0.717) is 16.6 Å². The topological polar surface area (TPSA) is 58.4 Å². The van der Waals surface area contributed by atoms with Gasteiger partial charge in [-0.2, -0.15) is 0 Å². The lowest BCUT2D eigenvalue weighted by Crippen LogP contribution is -2.39. The first kappa shape index (κ1) is 20.7. The summed E-state index contributed by atoms with van der Waals surface area (Å²) in [6.45, 7) is 2.73. The van der Waals surface area contributed by atoms with E-state index in [4.69, 9.17) is 16.0 Å². The van der Waals surface area contributed by atoms with Crippen LogP contribution in [0.2, 0.25) is 5.02 Å². The van der Waals surface area contributed by atoms with Gasteiger partial charge in [0.2, 0.25) is 11.8 Å². The Hall–Kier alpha value is -1.56. The van der Waals surface area contributed by atoms with Crippen molar-refractivity contribution in [3.8, 4) is 11.5 Å². The molecule has 1 aliphatic heterocycles. The molecule has 0 atom stereocenters. The van der Waals surface area contributed by atoms with Crippen molar-refractivity contribution in [3.63, 3.8) is 0 Å². The summed E-state index contributed by atoms with van der Waals surface area (Å²) >= 11 is 5.89. The van der Waals surface area contributed by atoms with Crippen molar-refractivity contribution >= 4 is 29.9 Å².